The third-order valence-corrected chi connectivity index (χ3v) is 5.85. The number of piperidine rings is 1. The normalized spacial score (nSPS) is 16.5. The smallest absolute Gasteiger partial charge is 0.420 e. The van der Waals surface area contributed by atoms with Crippen molar-refractivity contribution in [1.29, 1.82) is 0 Å². The van der Waals surface area contributed by atoms with Crippen LogP contribution in [-0.4, -0.2) is 71.0 Å². The summed E-state index contributed by atoms with van der Waals surface area (Å²) in [5.74, 6) is -1.46. The number of aromatic nitrogens is 1. The number of oxazole rings is 1. The number of amides is 3. The van der Waals surface area contributed by atoms with Crippen molar-refractivity contribution in [2.75, 3.05) is 33.0 Å². The molecule has 0 saturated carbocycles. The molecule has 1 aromatic heterocycles. The topological polar surface area (TPSA) is 140 Å². The van der Waals surface area contributed by atoms with Gasteiger partial charge in [0.15, 0.2) is 5.58 Å². The fraction of sp³-hybridized carbons (Fsp3) is 0.583. The molecule has 11 nitrogen and oxygen atoms in total. The van der Waals surface area contributed by atoms with Gasteiger partial charge in [0.1, 0.15) is 6.04 Å². The lowest BCUT2D eigenvalue weighted by Gasteiger charge is -2.32. The summed E-state index contributed by atoms with van der Waals surface area (Å²) in [4.78, 5) is 48.8. The molecule has 3 rings (SSSR count). The number of carbonyl (C=O) groups is 3. The summed E-state index contributed by atoms with van der Waals surface area (Å²) in [6.07, 6.45) is 0.743. The van der Waals surface area contributed by atoms with E-state index in [1.807, 2.05) is 32.9 Å². The lowest BCUT2D eigenvalue weighted by atomic mass is 10.0. The summed E-state index contributed by atoms with van der Waals surface area (Å²) in [5, 5.41) is 11.5. The second-order valence-corrected chi connectivity index (χ2v) is 9.40. The summed E-state index contributed by atoms with van der Waals surface area (Å²) < 4.78 is 17.9. The van der Waals surface area contributed by atoms with Gasteiger partial charge in [0.2, 0.25) is 11.8 Å². The van der Waals surface area contributed by atoms with E-state index in [1.165, 1.54) is 9.47 Å². The average molecular weight is 492 g/mol. The Morgan fingerprint density at radius 2 is 1.89 bits per heavy atom. The highest BCUT2D eigenvalue weighted by molar-refractivity contribution is 6.00. The Balaban J connectivity index is 1.44. The number of para-hydroxylation sites is 1. The zero-order valence-electron chi connectivity index (χ0n) is 20.4. The fourth-order valence-electron chi connectivity index (χ4n) is 4.09. The van der Waals surface area contributed by atoms with E-state index in [0.29, 0.717) is 43.8 Å². The second-order valence-electron chi connectivity index (χ2n) is 9.40. The predicted molar refractivity (Wildman–Crippen MR) is 126 cm³/mol. The van der Waals surface area contributed by atoms with Gasteiger partial charge < -0.3 is 23.9 Å². The molecule has 1 aliphatic heterocycles. The third kappa shape index (κ3) is 6.70. The maximum absolute atomic E-state index is 12.5. The summed E-state index contributed by atoms with van der Waals surface area (Å²) in [7, 11) is 0. The van der Waals surface area contributed by atoms with Crippen molar-refractivity contribution in [3.05, 3.63) is 34.3 Å². The van der Waals surface area contributed by atoms with Gasteiger partial charge in [-0.25, -0.2) is 9.59 Å². The van der Waals surface area contributed by atoms with Gasteiger partial charge in [-0.2, -0.15) is 0 Å². The van der Waals surface area contributed by atoms with Crippen molar-refractivity contribution in [2.24, 2.45) is 0 Å². The molecule has 192 valence electrons. The first-order chi connectivity index (χ1) is 16.6. The minimum absolute atomic E-state index is 0.171. The van der Waals surface area contributed by atoms with Crippen molar-refractivity contribution < 1.29 is 33.4 Å². The van der Waals surface area contributed by atoms with Crippen molar-refractivity contribution in [3.8, 4) is 0 Å². The number of imide groups is 1. The number of rotatable bonds is 11. The Labute approximate surface area is 203 Å². The SMILES string of the molecule is CC(C)(C)N(CCOCCOCCCc1cccc2c1oc(=O)n2C1CCC(=O)NC1=O)C(=O)O. The molecule has 2 aromatic rings. The van der Waals surface area contributed by atoms with Crippen molar-refractivity contribution in [1.82, 2.24) is 14.8 Å². The van der Waals surface area contributed by atoms with Crippen LogP contribution in [0.4, 0.5) is 4.79 Å². The zero-order valence-corrected chi connectivity index (χ0v) is 20.4. The lowest BCUT2D eigenvalue weighted by molar-refractivity contribution is -0.135. The first-order valence-electron chi connectivity index (χ1n) is 11.7. The van der Waals surface area contributed by atoms with Gasteiger partial charge in [-0.05, 0) is 51.7 Å². The summed E-state index contributed by atoms with van der Waals surface area (Å²) in [6, 6.07) is 4.63. The van der Waals surface area contributed by atoms with Crippen LogP contribution in [0.5, 0.6) is 0 Å². The number of fused-ring (bicyclic) bond motifs is 1. The zero-order chi connectivity index (χ0) is 25.6. The minimum atomic E-state index is -0.976. The van der Waals surface area contributed by atoms with Crippen LogP contribution in [0, 0.1) is 0 Å². The van der Waals surface area contributed by atoms with Gasteiger partial charge in [0, 0.05) is 25.1 Å². The van der Waals surface area contributed by atoms with Gasteiger partial charge in [0.05, 0.1) is 25.3 Å². The number of ether oxygens (including phenoxy) is 2. The minimum Gasteiger partial charge on any atom is -0.465 e. The molecule has 1 unspecified atom stereocenters. The predicted octanol–water partition coefficient (Wildman–Crippen LogP) is 2.32. The van der Waals surface area contributed by atoms with Crippen LogP contribution >= 0.6 is 0 Å². The number of benzene rings is 1. The molecule has 0 aliphatic carbocycles. The second kappa shape index (κ2) is 11.5. The quantitative estimate of drug-likeness (QED) is 0.360. The van der Waals surface area contributed by atoms with Crippen molar-refractivity contribution in [3.63, 3.8) is 0 Å². The Bertz CT molecular complexity index is 1110. The van der Waals surface area contributed by atoms with E-state index < -0.39 is 29.3 Å². The van der Waals surface area contributed by atoms with E-state index in [9.17, 15) is 24.3 Å². The molecule has 0 radical (unpaired) electrons. The maximum Gasteiger partial charge on any atom is 0.420 e. The molecule has 0 bridgehead atoms. The standard InChI is InChI=1S/C24H33N3O8/c1-24(2,3)26(22(30)31)11-13-34-15-14-33-12-5-7-16-6-4-8-17-20(16)35-23(32)27(17)18-9-10-19(28)25-21(18)29/h4,6,8,18H,5,7,9-15H2,1-3H3,(H,30,31)(H,25,28,29). The molecule has 1 atom stereocenters. The molecule has 2 heterocycles. The van der Waals surface area contributed by atoms with E-state index in [-0.39, 0.29) is 31.9 Å². The number of nitrogens with one attached hydrogen (secondary N) is 1. The average Bonchev–Trinajstić information content (AvgIpc) is 3.10. The van der Waals surface area contributed by atoms with Crippen LogP contribution in [-0.2, 0) is 25.5 Å². The molecule has 1 saturated heterocycles. The van der Waals surface area contributed by atoms with Gasteiger partial charge in [0.25, 0.3) is 0 Å². The number of aryl methyl sites for hydroxylation is 1. The molecule has 1 aromatic carbocycles. The molecular weight excluding hydrogens is 458 g/mol. The van der Waals surface area contributed by atoms with Crippen LogP contribution in [0.2, 0.25) is 0 Å². The molecule has 35 heavy (non-hydrogen) atoms. The Morgan fingerprint density at radius 3 is 2.54 bits per heavy atom. The number of hydrogen-bond acceptors (Lipinski definition) is 7. The number of carboxylic acid groups (broad SMARTS) is 1. The Hall–Kier alpha value is -3.18. The maximum atomic E-state index is 12.5. The van der Waals surface area contributed by atoms with Crippen LogP contribution in [0.25, 0.3) is 11.1 Å². The van der Waals surface area contributed by atoms with E-state index >= 15 is 0 Å². The van der Waals surface area contributed by atoms with E-state index in [1.54, 1.807) is 6.07 Å². The monoisotopic (exact) mass is 491 g/mol. The third-order valence-electron chi connectivity index (χ3n) is 5.85. The first kappa shape index (κ1) is 26.4. The van der Waals surface area contributed by atoms with Gasteiger partial charge in [-0.1, -0.05) is 12.1 Å². The van der Waals surface area contributed by atoms with E-state index in [2.05, 4.69) is 5.32 Å². The van der Waals surface area contributed by atoms with Crippen LogP contribution < -0.4 is 11.1 Å². The van der Waals surface area contributed by atoms with Crippen molar-refractivity contribution in [2.45, 2.75) is 58.0 Å². The molecule has 0 spiro atoms. The highest BCUT2D eigenvalue weighted by atomic mass is 16.5. The highest BCUT2D eigenvalue weighted by Crippen LogP contribution is 2.25. The summed E-state index contributed by atoms with van der Waals surface area (Å²) in [6.45, 7) is 7.29. The molecule has 3 amide bonds. The highest BCUT2D eigenvalue weighted by Gasteiger charge is 2.31. The largest absolute Gasteiger partial charge is 0.465 e. The molecule has 1 fully saturated rings. The first-order valence-corrected chi connectivity index (χ1v) is 11.7. The van der Waals surface area contributed by atoms with Crippen LogP contribution in [0.15, 0.2) is 27.4 Å². The molecule has 11 heteroatoms. The van der Waals surface area contributed by atoms with Gasteiger partial charge in [-0.3, -0.25) is 19.5 Å². The van der Waals surface area contributed by atoms with Crippen LogP contribution in [0.3, 0.4) is 0 Å². The Kier molecular flexibility index (Phi) is 8.68. The molecular formula is C24H33N3O8. The summed E-state index contributed by atoms with van der Waals surface area (Å²) in [5.41, 5.74) is 1.31. The Morgan fingerprint density at radius 1 is 1.17 bits per heavy atom. The molecule has 2 N–H and O–H groups in total. The van der Waals surface area contributed by atoms with Gasteiger partial charge in [-0.15, -0.1) is 0 Å². The fourth-order valence-corrected chi connectivity index (χ4v) is 4.09. The van der Waals surface area contributed by atoms with E-state index in [4.69, 9.17) is 13.9 Å². The van der Waals surface area contributed by atoms with Gasteiger partial charge >= 0.3 is 11.8 Å². The number of nitrogens with zero attached hydrogens (tertiary/aromatic N) is 2. The summed E-state index contributed by atoms with van der Waals surface area (Å²) >= 11 is 0. The lowest BCUT2D eigenvalue weighted by Crippen LogP contribution is -2.46. The number of hydrogen-bond donors (Lipinski definition) is 2. The number of carbonyl (C=O) groups excluding carboxylic acids is 2. The van der Waals surface area contributed by atoms with Crippen LogP contribution in [0.1, 0.15) is 51.6 Å². The van der Waals surface area contributed by atoms with Crippen molar-refractivity contribution >= 4 is 29.0 Å². The van der Waals surface area contributed by atoms with E-state index in [0.717, 1.165) is 5.56 Å². The molecule has 1 aliphatic rings.